The summed E-state index contributed by atoms with van der Waals surface area (Å²) in [5.74, 6) is 1.11. The van der Waals surface area contributed by atoms with Crippen molar-refractivity contribution in [3.05, 3.63) is 198 Å². The molecule has 0 unspecified atom stereocenters. The quantitative estimate of drug-likeness (QED) is 0.123. The molecule has 0 aliphatic heterocycles. The Morgan fingerprint density at radius 1 is 0.614 bits per heavy atom. The van der Waals surface area contributed by atoms with Crippen molar-refractivity contribution >= 4 is 54.5 Å². The van der Waals surface area contributed by atoms with Gasteiger partial charge in [0.1, 0.15) is 5.58 Å². The molecule has 3 heterocycles. The monoisotopic (exact) mass is 1100 g/mol. The van der Waals surface area contributed by atoms with Crippen molar-refractivity contribution in [2.75, 3.05) is 0 Å². The zero-order valence-electron chi connectivity index (χ0n) is 41.6. The summed E-state index contributed by atoms with van der Waals surface area (Å²) in [6, 6.07) is 58.9. The van der Waals surface area contributed by atoms with Crippen molar-refractivity contribution in [2.45, 2.75) is 91.9 Å². The molecule has 0 saturated carbocycles. The van der Waals surface area contributed by atoms with Gasteiger partial charge in [0.05, 0.1) is 22.4 Å². The smallest absolute Gasteiger partial charge is 0.121 e. The minimum atomic E-state index is -0.278. The van der Waals surface area contributed by atoms with Crippen molar-refractivity contribution in [1.82, 2.24) is 14.5 Å². The van der Waals surface area contributed by atoms with E-state index in [4.69, 9.17) is 9.40 Å². The van der Waals surface area contributed by atoms with Gasteiger partial charge in [0.15, 0.2) is 0 Å². The van der Waals surface area contributed by atoms with Gasteiger partial charge in [0.2, 0.25) is 0 Å². The molecule has 8 aromatic carbocycles. The van der Waals surface area contributed by atoms with Crippen molar-refractivity contribution in [1.29, 1.82) is 0 Å². The van der Waals surface area contributed by atoms with Crippen LogP contribution in [-0.4, -0.2) is 14.5 Å². The average Bonchev–Trinajstić information content (AvgIpc) is 3.91. The molecule has 3 aromatic heterocycles. The topological polar surface area (TPSA) is 43.9 Å². The maximum Gasteiger partial charge on any atom is 0.121 e. The minimum Gasteiger partial charge on any atom is -0.501 e. The van der Waals surface area contributed by atoms with Gasteiger partial charge in [-0.05, 0) is 114 Å². The normalized spacial score (nSPS) is 12.1. The average molecular weight is 1100 g/mol. The van der Waals surface area contributed by atoms with Crippen LogP contribution in [0.1, 0.15) is 103 Å². The van der Waals surface area contributed by atoms with E-state index < -0.39 is 0 Å². The van der Waals surface area contributed by atoms with E-state index in [0.717, 1.165) is 55.6 Å². The fourth-order valence-electron chi connectivity index (χ4n) is 9.68. The van der Waals surface area contributed by atoms with Gasteiger partial charge < -0.3 is 14.0 Å². The number of pyridine rings is 1. The number of benzene rings is 8. The number of fused-ring (bicyclic) bond motifs is 7. The number of halogens is 1. The van der Waals surface area contributed by atoms with E-state index in [1.807, 2.05) is 12.3 Å². The van der Waals surface area contributed by atoms with Crippen molar-refractivity contribution in [2.24, 2.45) is 0 Å². The van der Waals surface area contributed by atoms with E-state index >= 15 is 0 Å². The molecule has 70 heavy (non-hydrogen) atoms. The first-order valence-corrected chi connectivity index (χ1v) is 24.1. The van der Waals surface area contributed by atoms with Crippen molar-refractivity contribution < 1.29 is 28.9 Å². The Balaban J connectivity index is 0.000000286. The third kappa shape index (κ3) is 9.00. The summed E-state index contributed by atoms with van der Waals surface area (Å²) in [6.45, 7) is 22.5. The van der Waals surface area contributed by atoms with Gasteiger partial charge in [0.25, 0.3) is 0 Å². The number of rotatable bonds is 6. The second kappa shape index (κ2) is 18.9. The molecular formula is C64H58FIrN3O-2. The molecule has 0 bridgehead atoms. The summed E-state index contributed by atoms with van der Waals surface area (Å²) in [5.41, 5.74) is 14.8. The molecular weight excluding hydrogens is 1040 g/mol. The SMILES string of the molecule is CC(C)(C)c1ccc(-c2[c-]cc(F)cc2)nc1.CC(C)c1cc(-c2ccccc2)cc(C(C)C)c1-n1c(-c2[c-]cc(C(C)(C)C)c3c2oc2cc4c(ccc5ccccc54)cc23)nc2ccccc21.[Ir]. The molecule has 11 rings (SSSR count). The Morgan fingerprint density at radius 2 is 1.30 bits per heavy atom. The molecule has 0 amide bonds. The first-order chi connectivity index (χ1) is 33.0. The van der Waals surface area contributed by atoms with Gasteiger partial charge in [-0.1, -0.05) is 171 Å². The van der Waals surface area contributed by atoms with E-state index in [-0.39, 0.29) is 48.6 Å². The molecule has 4 nitrogen and oxygen atoms in total. The van der Waals surface area contributed by atoms with Crippen LogP contribution in [0.15, 0.2) is 162 Å². The molecule has 1 radical (unpaired) electrons. The van der Waals surface area contributed by atoms with Crippen LogP contribution in [-0.2, 0) is 30.9 Å². The van der Waals surface area contributed by atoms with Crippen molar-refractivity contribution in [3.63, 3.8) is 0 Å². The zero-order valence-corrected chi connectivity index (χ0v) is 44.0. The second-order valence-corrected chi connectivity index (χ2v) is 21.0. The largest absolute Gasteiger partial charge is 0.501 e. The number of nitrogens with zero attached hydrogens (tertiary/aromatic N) is 3. The standard InChI is InChI=1S/C49H43N2O.C15H15FN.Ir/c1-29(2)37-26-34(31-15-9-8-10-16-31)27-38(30(3)4)46(37)51-43-20-14-13-19-42(43)50-48(51)36-23-24-41(49(5,6)7)45-40-25-33-22-21-32-17-11-12-18-35(32)39(33)28-44(40)52-47(36)45;1-15(2,3)12-6-9-14(17-10-12)11-4-7-13(16)8-5-11;/h8-22,24-30H,1-7H3;4,6-10H,1-3H3;/q2*-1;. The summed E-state index contributed by atoms with van der Waals surface area (Å²) in [7, 11) is 0. The van der Waals surface area contributed by atoms with E-state index in [9.17, 15) is 4.39 Å². The predicted molar refractivity (Wildman–Crippen MR) is 287 cm³/mol. The first kappa shape index (κ1) is 48.3. The van der Waals surface area contributed by atoms with Gasteiger partial charge in [-0.15, -0.1) is 47.5 Å². The van der Waals surface area contributed by atoms with Crippen LogP contribution in [0.3, 0.4) is 0 Å². The van der Waals surface area contributed by atoms with Crippen LogP contribution >= 0.6 is 0 Å². The zero-order chi connectivity index (χ0) is 48.4. The Kier molecular flexibility index (Phi) is 13.0. The van der Waals surface area contributed by atoms with Crippen LogP contribution < -0.4 is 0 Å². The third-order valence-corrected chi connectivity index (χ3v) is 13.4. The summed E-state index contributed by atoms with van der Waals surface area (Å²) in [4.78, 5) is 9.81. The Labute approximate surface area is 425 Å². The fraction of sp³-hybridized carbons (Fsp3) is 0.219. The van der Waals surface area contributed by atoms with Crippen molar-refractivity contribution in [3.8, 4) is 39.5 Å². The number of imidazole rings is 1. The van der Waals surface area contributed by atoms with Gasteiger partial charge in [-0.25, -0.2) is 0 Å². The summed E-state index contributed by atoms with van der Waals surface area (Å²) in [6.07, 6.45) is 1.87. The van der Waals surface area contributed by atoms with Gasteiger partial charge in [-0.2, -0.15) is 0 Å². The number of hydrogen-bond donors (Lipinski definition) is 0. The van der Waals surface area contributed by atoms with E-state index in [0.29, 0.717) is 0 Å². The Hall–Kier alpha value is -6.72. The molecule has 0 atom stereocenters. The molecule has 353 valence electrons. The summed E-state index contributed by atoms with van der Waals surface area (Å²) >= 11 is 0. The number of para-hydroxylation sites is 2. The molecule has 0 aliphatic carbocycles. The van der Waals surface area contributed by atoms with E-state index in [2.05, 4.69) is 218 Å². The first-order valence-electron chi connectivity index (χ1n) is 24.1. The maximum absolute atomic E-state index is 12.8. The van der Waals surface area contributed by atoms with Crippen LogP contribution in [0.5, 0.6) is 0 Å². The molecule has 0 N–H and O–H groups in total. The van der Waals surface area contributed by atoms with Crippen LogP contribution in [0.4, 0.5) is 4.39 Å². The second-order valence-electron chi connectivity index (χ2n) is 21.0. The third-order valence-electron chi connectivity index (χ3n) is 13.4. The molecule has 0 fully saturated rings. The minimum absolute atomic E-state index is 0. The fourth-order valence-corrected chi connectivity index (χ4v) is 9.68. The van der Waals surface area contributed by atoms with Gasteiger partial charge in [-0.3, -0.25) is 9.37 Å². The van der Waals surface area contributed by atoms with Crippen LogP contribution in [0.25, 0.3) is 94.0 Å². The van der Waals surface area contributed by atoms with Gasteiger partial charge >= 0.3 is 0 Å². The number of hydrogen-bond acceptors (Lipinski definition) is 3. The predicted octanol–water partition coefficient (Wildman–Crippen LogP) is 17.9. The van der Waals surface area contributed by atoms with Gasteiger partial charge in [0, 0.05) is 43.2 Å². The van der Waals surface area contributed by atoms with E-state index in [1.54, 1.807) is 6.07 Å². The van der Waals surface area contributed by atoms with Crippen LogP contribution in [0.2, 0.25) is 0 Å². The summed E-state index contributed by atoms with van der Waals surface area (Å²) in [5, 5.41) is 7.12. The summed E-state index contributed by atoms with van der Waals surface area (Å²) < 4.78 is 22.2. The number of aromatic nitrogens is 3. The van der Waals surface area contributed by atoms with Crippen LogP contribution in [0, 0.1) is 17.9 Å². The number of furan rings is 1. The molecule has 0 saturated heterocycles. The molecule has 0 spiro atoms. The molecule has 6 heteroatoms. The Morgan fingerprint density at radius 3 is 1.96 bits per heavy atom. The Bertz CT molecular complexity index is 3650. The maximum atomic E-state index is 12.8. The molecule has 0 aliphatic rings. The van der Waals surface area contributed by atoms with E-state index in [1.165, 1.54) is 72.7 Å². The molecule has 11 aromatic rings.